The summed E-state index contributed by atoms with van der Waals surface area (Å²) < 4.78 is 6.91. The van der Waals surface area contributed by atoms with Crippen LogP contribution in [0.15, 0.2) is 39.9 Å². The van der Waals surface area contributed by atoms with Crippen LogP contribution in [-0.2, 0) is 19.4 Å². The van der Waals surface area contributed by atoms with Gasteiger partial charge < -0.3 is 4.52 Å². The van der Waals surface area contributed by atoms with Gasteiger partial charge in [-0.15, -0.1) is 11.3 Å². The Labute approximate surface area is 169 Å². The van der Waals surface area contributed by atoms with Gasteiger partial charge in [0.15, 0.2) is 5.82 Å². The summed E-state index contributed by atoms with van der Waals surface area (Å²) >= 11 is 7.58. The molecule has 1 aromatic carbocycles. The van der Waals surface area contributed by atoms with Crippen molar-refractivity contribution in [2.45, 2.75) is 38.6 Å². The number of aromatic nitrogens is 4. The third-order valence-corrected chi connectivity index (χ3v) is 6.51. The summed E-state index contributed by atoms with van der Waals surface area (Å²) in [5.74, 6) is 0.840. The molecule has 1 aliphatic carbocycles. The second-order valence-electron chi connectivity index (χ2n) is 6.94. The van der Waals surface area contributed by atoms with E-state index >= 15 is 0 Å². The Bertz CT molecular complexity index is 1210. The van der Waals surface area contributed by atoms with E-state index < -0.39 is 0 Å². The van der Waals surface area contributed by atoms with Crippen molar-refractivity contribution in [1.29, 1.82) is 0 Å². The van der Waals surface area contributed by atoms with Gasteiger partial charge in [0, 0.05) is 15.5 Å². The van der Waals surface area contributed by atoms with E-state index in [0.717, 1.165) is 35.0 Å². The lowest BCUT2D eigenvalue weighted by Gasteiger charge is -2.03. The van der Waals surface area contributed by atoms with Crippen LogP contribution >= 0.6 is 22.9 Å². The van der Waals surface area contributed by atoms with E-state index in [1.807, 2.05) is 12.1 Å². The summed E-state index contributed by atoms with van der Waals surface area (Å²) in [5, 5.41) is 5.43. The fraction of sp³-hybridized carbons (Fsp3) is 0.300. The molecule has 6 nitrogen and oxygen atoms in total. The van der Waals surface area contributed by atoms with Crippen molar-refractivity contribution in [3.63, 3.8) is 0 Å². The standard InChI is InChI=1S/C20H17ClN4O2S/c21-13-8-6-12(7-9-13)18-23-16(24-27-18)10-25-11-22-19-17(20(25)26)14-4-2-1-3-5-15(14)28-19/h6-9,11H,1-5,10H2. The maximum atomic E-state index is 13.1. The molecule has 0 fully saturated rings. The number of rotatable bonds is 3. The van der Waals surface area contributed by atoms with E-state index in [2.05, 4.69) is 15.1 Å². The third kappa shape index (κ3) is 3.14. The summed E-state index contributed by atoms with van der Waals surface area (Å²) in [4.78, 5) is 24.2. The van der Waals surface area contributed by atoms with Crippen LogP contribution in [0, 0.1) is 0 Å². The number of halogens is 1. The first-order chi connectivity index (χ1) is 13.7. The van der Waals surface area contributed by atoms with Gasteiger partial charge in [-0.25, -0.2) is 4.98 Å². The molecule has 0 saturated carbocycles. The molecule has 1 aliphatic rings. The van der Waals surface area contributed by atoms with E-state index in [-0.39, 0.29) is 12.1 Å². The molecule has 142 valence electrons. The molecule has 0 bridgehead atoms. The molecule has 8 heteroatoms. The van der Waals surface area contributed by atoms with Crippen molar-refractivity contribution < 1.29 is 4.52 Å². The highest BCUT2D eigenvalue weighted by atomic mass is 35.5. The zero-order valence-electron chi connectivity index (χ0n) is 15.0. The van der Waals surface area contributed by atoms with E-state index in [0.29, 0.717) is 16.7 Å². The van der Waals surface area contributed by atoms with Crippen molar-refractivity contribution in [2.75, 3.05) is 0 Å². The van der Waals surface area contributed by atoms with Crippen molar-refractivity contribution >= 4 is 33.2 Å². The van der Waals surface area contributed by atoms with Gasteiger partial charge in [-0.05, 0) is 55.5 Å². The van der Waals surface area contributed by atoms with E-state index in [9.17, 15) is 4.79 Å². The van der Waals surface area contributed by atoms with Gasteiger partial charge in [0.2, 0.25) is 0 Å². The van der Waals surface area contributed by atoms with Gasteiger partial charge >= 0.3 is 0 Å². The number of fused-ring (bicyclic) bond motifs is 3. The fourth-order valence-electron chi connectivity index (χ4n) is 3.65. The minimum Gasteiger partial charge on any atom is -0.334 e. The summed E-state index contributed by atoms with van der Waals surface area (Å²) in [5.41, 5.74) is 1.95. The zero-order valence-corrected chi connectivity index (χ0v) is 16.6. The predicted octanol–water partition coefficient (Wildman–Crippen LogP) is 4.48. The van der Waals surface area contributed by atoms with Crippen molar-refractivity contribution in [3.8, 4) is 11.5 Å². The lowest BCUT2D eigenvalue weighted by Crippen LogP contribution is -2.22. The number of thiophene rings is 1. The lowest BCUT2D eigenvalue weighted by atomic mass is 10.1. The molecule has 4 aromatic rings. The molecule has 0 unspecified atom stereocenters. The van der Waals surface area contributed by atoms with Gasteiger partial charge in [-0.2, -0.15) is 4.98 Å². The predicted molar refractivity (Wildman–Crippen MR) is 109 cm³/mol. The molecule has 28 heavy (non-hydrogen) atoms. The van der Waals surface area contributed by atoms with Gasteiger partial charge in [0.05, 0.1) is 18.3 Å². The average Bonchev–Trinajstić information content (AvgIpc) is 3.23. The smallest absolute Gasteiger partial charge is 0.262 e. The molecule has 0 saturated heterocycles. The van der Waals surface area contributed by atoms with Crippen LogP contribution in [0.5, 0.6) is 0 Å². The highest BCUT2D eigenvalue weighted by Crippen LogP contribution is 2.32. The number of nitrogens with zero attached hydrogens (tertiary/aromatic N) is 4. The minimum absolute atomic E-state index is 0.0257. The summed E-state index contributed by atoms with van der Waals surface area (Å²) in [6, 6.07) is 7.18. The Morgan fingerprint density at radius 3 is 2.82 bits per heavy atom. The first-order valence-electron chi connectivity index (χ1n) is 9.27. The molecule has 5 rings (SSSR count). The summed E-state index contributed by atoms with van der Waals surface area (Å²) in [6.07, 6.45) is 7.11. The molecule has 3 aromatic heterocycles. The van der Waals surface area contributed by atoms with Crippen molar-refractivity contribution in [2.24, 2.45) is 0 Å². The highest BCUT2D eigenvalue weighted by Gasteiger charge is 2.19. The summed E-state index contributed by atoms with van der Waals surface area (Å²) in [7, 11) is 0. The minimum atomic E-state index is -0.0257. The molecule has 0 radical (unpaired) electrons. The largest absolute Gasteiger partial charge is 0.334 e. The Kier molecular flexibility index (Phi) is 4.49. The number of aryl methyl sites for hydroxylation is 2. The maximum Gasteiger partial charge on any atom is 0.262 e. The van der Waals surface area contributed by atoms with Gasteiger partial charge in [0.1, 0.15) is 4.83 Å². The van der Waals surface area contributed by atoms with Crippen molar-refractivity contribution in [1.82, 2.24) is 19.7 Å². The van der Waals surface area contributed by atoms with Crippen LogP contribution in [-0.4, -0.2) is 19.7 Å². The molecule has 0 spiro atoms. The van der Waals surface area contributed by atoms with Crippen LogP contribution in [0.3, 0.4) is 0 Å². The molecule has 0 atom stereocenters. The third-order valence-electron chi connectivity index (χ3n) is 5.06. The Balaban J connectivity index is 1.49. The molecule has 0 N–H and O–H groups in total. The fourth-order valence-corrected chi connectivity index (χ4v) is 5.00. The lowest BCUT2D eigenvalue weighted by molar-refractivity contribution is 0.420. The highest BCUT2D eigenvalue weighted by molar-refractivity contribution is 7.18. The second kappa shape index (κ2) is 7.14. The van der Waals surface area contributed by atoms with Gasteiger partial charge in [0.25, 0.3) is 11.4 Å². The van der Waals surface area contributed by atoms with Crippen LogP contribution in [0.4, 0.5) is 0 Å². The normalized spacial score (nSPS) is 14.2. The SMILES string of the molecule is O=c1c2c3c(sc2ncn1Cc1noc(-c2ccc(Cl)cc2)n1)CCCCC3. The van der Waals surface area contributed by atoms with Crippen molar-refractivity contribution in [3.05, 3.63) is 62.2 Å². The van der Waals surface area contributed by atoms with Crippen LogP contribution in [0.2, 0.25) is 5.02 Å². The molecular weight excluding hydrogens is 396 g/mol. The molecule has 3 heterocycles. The van der Waals surface area contributed by atoms with Crippen LogP contribution in [0.25, 0.3) is 21.7 Å². The van der Waals surface area contributed by atoms with Gasteiger partial charge in [-0.1, -0.05) is 23.2 Å². The van der Waals surface area contributed by atoms with E-state index in [1.165, 1.54) is 23.3 Å². The molecular formula is C20H17ClN4O2S. The number of hydrogen-bond donors (Lipinski definition) is 0. The van der Waals surface area contributed by atoms with E-state index in [1.54, 1.807) is 34.4 Å². The first kappa shape index (κ1) is 17.6. The zero-order chi connectivity index (χ0) is 19.1. The first-order valence-corrected chi connectivity index (χ1v) is 10.5. The Hall–Kier alpha value is -2.51. The van der Waals surface area contributed by atoms with E-state index in [4.69, 9.17) is 16.1 Å². The quantitative estimate of drug-likeness (QED) is 0.464. The Morgan fingerprint density at radius 1 is 1.14 bits per heavy atom. The Morgan fingerprint density at radius 2 is 1.96 bits per heavy atom. The number of hydrogen-bond acceptors (Lipinski definition) is 6. The molecule has 0 aliphatic heterocycles. The van der Waals surface area contributed by atoms with Gasteiger partial charge in [-0.3, -0.25) is 9.36 Å². The monoisotopic (exact) mass is 412 g/mol. The number of benzene rings is 1. The maximum absolute atomic E-state index is 13.1. The average molecular weight is 413 g/mol. The second-order valence-corrected chi connectivity index (χ2v) is 8.46. The van der Waals surface area contributed by atoms with Crippen LogP contribution < -0.4 is 5.56 Å². The topological polar surface area (TPSA) is 73.8 Å². The molecule has 0 amide bonds. The summed E-state index contributed by atoms with van der Waals surface area (Å²) in [6.45, 7) is 0.226. The van der Waals surface area contributed by atoms with Crippen LogP contribution in [0.1, 0.15) is 35.5 Å².